The molecular formula is C26H28F2N2O4S. The first-order valence-electron chi connectivity index (χ1n) is 11.2. The van der Waals surface area contributed by atoms with Crippen molar-refractivity contribution in [3.8, 4) is 5.75 Å². The molecule has 3 rings (SSSR count). The normalized spacial score (nSPS) is 11.2. The van der Waals surface area contributed by atoms with Crippen molar-refractivity contribution in [1.82, 2.24) is 5.32 Å². The van der Waals surface area contributed by atoms with Gasteiger partial charge in [-0.1, -0.05) is 37.6 Å². The first kappa shape index (κ1) is 26.2. The van der Waals surface area contributed by atoms with Crippen LogP contribution in [0.2, 0.25) is 0 Å². The molecule has 0 radical (unpaired) electrons. The summed E-state index contributed by atoms with van der Waals surface area (Å²) in [5, 5.41) is 2.78. The maximum absolute atomic E-state index is 13.6. The molecule has 3 aromatic rings. The van der Waals surface area contributed by atoms with Crippen molar-refractivity contribution in [1.29, 1.82) is 0 Å². The third-order valence-electron chi connectivity index (χ3n) is 5.25. The molecule has 35 heavy (non-hydrogen) atoms. The standard InChI is InChI=1S/C26H28F2N2O4S/c1-3-4-19-7-12-23(13-8-19)34-16-15-29-26(31)21-9-5-20(6-10-21)18-30(35(2,32)33)22-11-14-24(27)25(28)17-22/h5-14,17H,3-4,15-16,18H2,1-2H3,(H,29,31). The number of carbonyl (C=O) groups excluding carboxylic acids is 1. The highest BCUT2D eigenvalue weighted by molar-refractivity contribution is 7.92. The van der Waals surface area contributed by atoms with Crippen LogP contribution in [-0.2, 0) is 23.0 Å². The van der Waals surface area contributed by atoms with Crippen LogP contribution in [0.15, 0.2) is 66.7 Å². The van der Waals surface area contributed by atoms with Crippen LogP contribution in [0.25, 0.3) is 0 Å². The molecule has 0 fully saturated rings. The van der Waals surface area contributed by atoms with E-state index in [9.17, 15) is 22.0 Å². The highest BCUT2D eigenvalue weighted by atomic mass is 32.2. The van der Waals surface area contributed by atoms with E-state index < -0.39 is 21.7 Å². The molecule has 186 valence electrons. The summed E-state index contributed by atoms with van der Waals surface area (Å²) in [6.07, 6.45) is 3.08. The Bertz CT molecular complexity index is 1250. The lowest BCUT2D eigenvalue weighted by Crippen LogP contribution is -2.30. The lowest BCUT2D eigenvalue weighted by atomic mass is 10.1. The SMILES string of the molecule is CCCc1ccc(OCCNC(=O)c2ccc(CN(c3ccc(F)c(F)c3)S(C)(=O)=O)cc2)cc1. The Morgan fingerprint density at radius 1 is 0.943 bits per heavy atom. The van der Waals surface area contributed by atoms with Gasteiger partial charge in [-0.05, 0) is 53.9 Å². The summed E-state index contributed by atoms with van der Waals surface area (Å²) < 4.78 is 58.0. The van der Waals surface area contributed by atoms with E-state index in [4.69, 9.17) is 4.74 Å². The minimum Gasteiger partial charge on any atom is -0.492 e. The van der Waals surface area contributed by atoms with Crippen molar-refractivity contribution in [2.75, 3.05) is 23.7 Å². The van der Waals surface area contributed by atoms with Gasteiger partial charge in [0.2, 0.25) is 10.0 Å². The maximum atomic E-state index is 13.6. The highest BCUT2D eigenvalue weighted by Crippen LogP contribution is 2.23. The number of hydrogen-bond donors (Lipinski definition) is 1. The molecule has 0 bridgehead atoms. The van der Waals surface area contributed by atoms with Crippen LogP contribution in [0.4, 0.5) is 14.5 Å². The Morgan fingerprint density at radius 2 is 1.60 bits per heavy atom. The summed E-state index contributed by atoms with van der Waals surface area (Å²) in [5.74, 6) is -1.76. The number of sulfonamides is 1. The highest BCUT2D eigenvalue weighted by Gasteiger charge is 2.19. The average molecular weight is 503 g/mol. The summed E-state index contributed by atoms with van der Waals surface area (Å²) in [5.41, 5.74) is 2.23. The lowest BCUT2D eigenvalue weighted by molar-refractivity contribution is 0.0947. The average Bonchev–Trinajstić information content (AvgIpc) is 2.83. The fourth-order valence-electron chi connectivity index (χ4n) is 3.44. The van der Waals surface area contributed by atoms with E-state index in [1.165, 1.54) is 11.6 Å². The molecule has 0 aliphatic carbocycles. The van der Waals surface area contributed by atoms with Gasteiger partial charge in [-0.2, -0.15) is 0 Å². The monoisotopic (exact) mass is 502 g/mol. The van der Waals surface area contributed by atoms with Crippen molar-refractivity contribution in [2.45, 2.75) is 26.3 Å². The van der Waals surface area contributed by atoms with E-state index >= 15 is 0 Å². The zero-order chi connectivity index (χ0) is 25.4. The van der Waals surface area contributed by atoms with E-state index in [-0.39, 0.29) is 18.1 Å². The first-order chi connectivity index (χ1) is 16.7. The molecule has 0 spiro atoms. The summed E-state index contributed by atoms with van der Waals surface area (Å²) in [7, 11) is -3.76. The molecule has 0 heterocycles. The van der Waals surface area contributed by atoms with E-state index in [1.807, 2.05) is 24.3 Å². The number of nitrogens with zero attached hydrogens (tertiary/aromatic N) is 1. The van der Waals surface area contributed by atoms with Gasteiger partial charge in [-0.15, -0.1) is 0 Å². The Kier molecular flexibility index (Phi) is 8.81. The molecule has 6 nitrogen and oxygen atoms in total. The summed E-state index contributed by atoms with van der Waals surface area (Å²) in [4.78, 5) is 12.4. The molecule has 0 unspecified atom stereocenters. The van der Waals surface area contributed by atoms with E-state index in [1.54, 1.807) is 24.3 Å². The lowest BCUT2D eigenvalue weighted by Gasteiger charge is -2.22. The third-order valence-corrected chi connectivity index (χ3v) is 6.39. The molecule has 0 aliphatic heterocycles. The number of rotatable bonds is 11. The molecule has 0 saturated carbocycles. The van der Waals surface area contributed by atoms with E-state index in [0.717, 1.165) is 41.3 Å². The topological polar surface area (TPSA) is 75.7 Å². The fraction of sp³-hybridized carbons (Fsp3) is 0.269. The minimum atomic E-state index is -3.76. The molecule has 9 heteroatoms. The predicted octanol–water partition coefficient (Wildman–Crippen LogP) is 4.69. The Balaban J connectivity index is 1.55. The Morgan fingerprint density at radius 3 is 2.20 bits per heavy atom. The summed E-state index contributed by atoms with van der Waals surface area (Å²) in [6.45, 7) is 2.65. The second-order valence-corrected chi connectivity index (χ2v) is 9.97. The van der Waals surface area contributed by atoms with Crippen LogP contribution >= 0.6 is 0 Å². The number of aryl methyl sites for hydroxylation is 1. The molecule has 0 atom stereocenters. The van der Waals surface area contributed by atoms with Crippen molar-refractivity contribution in [2.24, 2.45) is 0 Å². The second-order valence-electron chi connectivity index (χ2n) is 8.06. The molecule has 1 N–H and O–H groups in total. The zero-order valence-corrected chi connectivity index (χ0v) is 20.4. The molecule has 1 amide bonds. The van der Waals surface area contributed by atoms with E-state index in [0.29, 0.717) is 24.3 Å². The molecule has 0 saturated heterocycles. The fourth-order valence-corrected chi connectivity index (χ4v) is 4.32. The number of carbonyl (C=O) groups is 1. The third kappa shape index (κ3) is 7.51. The van der Waals surface area contributed by atoms with Gasteiger partial charge in [0.05, 0.1) is 25.0 Å². The number of halogens is 2. The number of ether oxygens (including phenoxy) is 1. The van der Waals surface area contributed by atoms with Crippen LogP contribution in [0, 0.1) is 11.6 Å². The zero-order valence-electron chi connectivity index (χ0n) is 19.6. The minimum absolute atomic E-state index is 0.00761. The predicted molar refractivity (Wildman–Crippen MR) is 132 cm³/mol. The van der Waals surface area contributed by atoms with Crippen LogP contribution in [-0.4, -0.2) is 33.7 Å². The molecule has 0 aliphatic rings. The van der Waals surface area contributed by atoms with Gasteiger partial charge in [-0.25, -0.2) is 17.2 Å². The van der Waals surface area contributed by atoms with Gasteiger partial charge in [0.15, 0.2) is 11.6 Å². The number of amides is 1. The van der Waals surface area contributed by atoms with Crippen LogP contribution < -0.4 is 14.4 Å². The first-order valence-corrected chi connectivity index (χ1v) is 13.0. The number of hydrogen-bond acceptors (Lipinski definition) is 4. The molecule has 3 aromatic carbocycles. The smallest absolute Gasteiger partial charge is 0.251 e. The van der Waals surface area contributed by atoms with Gasteiger partial charge in [0.25, 0.3) is 5.91 Å². The molecule has 0 aromatic heterocycles. The second kappa shape index (κ2) is 11.8. The van der Waals surface area contributed by atoms with Crippen LogP contribution in [0.3, 0.4) is 0 Å². The quantitative estimate of drug-likeness (QED) is 0.386. The van der Waals surface area contributed by atoms with Gasteiger partial charge < -0.3 is 10.1 Å². The number of anilines is 1. The Labute approximate surface area is 204 Å². The van der Waals surface area contributed by atoms with Crippen LogP contribution in [0.1, 0.15) is 34.8 Å². The van der Waals surface area contributed by atoms with Crippen molar-refractivity contribution in [3.63, 3.8) is 0 Å². The van der Waals surface area contributed by atoms with Crippen molar-refractivity contribution < 1.29 is 26.7 Å². The van der Waals surface area contributed by atoms with Gasteiger partial charge in [-0.3, -0.25) is 9.10 Å². The summed E-state index contributed by atoms with van der Waals surface area (Å²) in [6, 6.07) is 17.1. The molecular weight excluding hydrogens is 474 g/mol. The summed E-state index contributed by atoms with van der Waals surface area (Å²) >= 11 is 0. The van der Waals surface area contributed by atoms with E-state index in [2.05, 4.69) is 12.2 Å². The van der Waals surface area contributed by atoms with Gasteiger partial charge >= 0.3 is 0 Å². The van der Waals surface area contributed by atoms with Crippen LogP contribution in [0.5, 0.6) is 5.75 Å². The van der Waals surface area contributed by atoms with Crippen molar-refractivity contribution >= 4 is 21.6 Å². The van der Waals surface area contributed by atoms with Crippen molar-refractivity contribution in [3.05, 3.63) is 95.1 Å². The van der Waals surface area contributed by atoms with Gasteiger partial charge in [0, 0.05) is 11.6 Å². The number of nitrogens with one attached hydrogen (secondary N) is 1. The largest absolute Gasteiger partial charge is 0.492 e. The number of benzene rings is 3. The Hall–Kier alpha value is -3.46. The maximum Gasteiger partial charge on any atom is 0.251 e. The van der Waals surface area contributed by atoms with Gasteiger partial charge in [0.1, 0.15) is 12.4 Å².